The second kappa shape index (κ2) is 5.26. The van der Waals surface area contributed by atoms with Crippen molar-refractivity contribution >= 4 is 17.6 Å². The van der Waals surface area contributed by atoms with E-state index in [0.717, 1.165) is 6.42 Å². The number of benzene rings is 1. The lowest BCUT2D eigenvalue weighted by molar-refractivity contribution is -0.121. The van der Waals surface area contributed by atoms with Crippen molar-refractivity contribution in [2.45, 2.75) is 18.9 Å². The number of nitrogens with zero attached hydrogens (tertiary/aromatic N) is 1. The van der Waals surface area contributed by atoms with Gasteiger partial charge in [0.25, 0.3) is 0 Å². The molecule has 1 atom stereocenters. The number of rotatable bonds is 3. The number of nitrogens with one attached hydrogen (secondary N) is 1. The van der Waals surface area contributed by atoms with Gasteiger partial charge in [0.05, 0.1) is 11.3 Å². The van der Waals surface area contributed by atoms with Gasteiger partial charge in [-0.05, 0) is 25.0 Å². The fraction of sp³-hybridized carbons (Fsp3) is 0.385. The van der Waals surface area contributed by atoms with Crippen LogP contribution in [-0.4, -0.2) is 36.6 Å². The van der Waals surface area contributed by atoms with Gasteiger partial charge in [-0.25, -0.2) is 9.18 Å². The number of carbonyl (C=O) groups excluding carboxylic acids is 1. The van der Waals surface area contributed by atoms with Gasteiger partial charge in [0.2, 0.25) is 5.91 Å². The van der Waals surface area contributed by atoms with Crippen molar-refractivity contribution in [3.8, 4) is 0 Å². The first-order valence-electron chi connectivity index (χ1n) is 6.06. The van der Waals surface area contributed by atoms with Gasteiger partial charge >= 0.3 is 5.97 Å². The molecular formula is C13H15FN2O3. The molecule has 1 unspecified atom stereocenters. The Morgan fingerprint density at radius 1 is 1.47 bits per heavy atom. The Bertz CT molecular complexity index is 519. The maximum Gasteiger partial charge on any atom is 0.337 e. The number of amides is 1. The summed E-state index contributed by atoms with van der Waals surface area (Å²) in [4.78, 5) is 24.5. The molecule has 6 heteroatoms. The van der Waals surface area contributed by atoms with Gasteiger partial charge in [-0.3, -0.25) is 4.79 Å². The normalized spacial score (nSPS) is 18.4. The van der Waals surface area contributed by atoms with Gasteiger partial charge < -0.3 is 15.3 Å². The fourth-order valence-corrected chi connectivity index (χ4v) is 2.45. The molecule has 1 amide bonds. The standard InChI is InChI=1S/C13H15FN2O3/c1-15-12(17)10-6-3-7-16(10)11-8(13(18)19)4-2-5-9(11)14/h2,4-5,10H,3,6-7H2,1H3,(H,15,17)(H,18,19). The van der Waals surface area contributed by atoms with Crippen molar-refractivity contribution in [3.63, 3.8) is 0 Å². The third-order valence-corrected chi connectivity index (χ3v) is 3.31. The molecule has 1 aliphatic heterocycles. The average Bonchev–Trinajstić information content (AvgIpc) is 2.86. The Kier molecular flexibility index (Phi) is 3.69. The van der Waals surface area contributed by atoms with Crippen LogP contribution in [0.5, 0.6) is 0 Å². The summed E-state index contributed by atoms with van der Waals surface area (Å²) in [6.45, 7) is 0.472. The Labute approximate surface area is 110 Å². The van der Waals surface area contributed by atoms with Gasteiger partial charge in [0.15, 0.2) is 0 Å². The number of para-hydroxylation sites is 1. The minimum absolute atomic E-state index is 0.00102. The molecule has 0 aliphatic carbocycles. The molecule has 1 aromatic rings. The largest absolute Gasteiger partial charge is 0.478 e. The predicted octanol–water partition coefficient (Wildman–Crippen LogP) is 1.24. The number of aromatic carboxylic acids is 1. The molecule has 0 radical (unpaired) electrons. The molecule has 2 N–H and O–H groups in total. The zero-order valence-electron chi connectivity index (χ0n) is 10.5. The van der Waals surface area contributed by atoms with E-state index in [1.807, 2.05) is 0 Å². The van der Waals surface area contributed by atoms with Crippen LogP contribution in [0.2, 0.25) is 0 Å². The lowest BCUT2D eigenvalue weighted by atomic mass is 10.1. The Balaban J connectivity index is 2.46. The smallest absolute Gasteiger partial charge is 0.337 e. The number of hydrogen-bond acceptors (Lipinski definition) is 3. The van der Waals surface area contributed by atoms with Crippen LogP contribution in [0.1, 0.15) is 23.2 Å². The number of likely N-dealkylation sites (N-methyl/N-ethyl adjacent to an activating group) is 1. The Morgan fingerprint density at radius 3 is 2.84 bits per heavy atom. The van der Waals surface area contributed by atoms with Gasteiger partial charge in [-0.2, -0.15) is 0 Å². The van der Waals surface area contributed by atoms with Crippen molar-refractivity contribution in [1.82, 2.24) is 5.32 Å². The van der Waals surface area contributed by atoms with Crippen LogP contribution < -0.4 is 10.2 Å². The first-order chi connectivity index (χ1) is 9.06. The monoisotopic (exact) mass is 266 g/mol. The van der Waals surface area contributed by atoms with Gasteiger partial charge in [-0.1, -0.05) is 6.07 Å². The quantitative estimate of drug-likeness (QED) is 0.863. The highest BCUT2D eigenvalue weighted by Crippen LogP contribution is 2.31. The minimum atomic E-state index is -1.20. The van der Waals surface area contributed by atoms with Crippen molar-refractivity contribution in [1.29, 1.82) is 0 Å². The SMILES string of the molecule is CNC(=O)C1CCCN1c1c(F)cccc1C(=O)O. The van der Waals surface area contributed by atoms with Crippen molar-refractivity contribution < 1.29 is 19.1 Å². The molecule has 0 spiro atoms. The zero-order valence-corrected chi connectivity index (χ0v) is 10.5. The van der Waals surface area contributed by atoms with E-state index in [4.69, 9.17) is 5.11 Å². The van der Waals surface area contributed by atoms with Crippen LogP contribution in [0.3, 0.4) is 0 Å². The first-order valence-corrected chi connectivity index (χ1v) is 6.06. The summed E-state index contributed by atoms with van der Waals surface area (Å²) < 4.78 is 14.0. The van der Waals surface area contributed by atoms with Crippen LogP contribution in [0.4, 0.5) is 10.1 Å². The van der Waals surface area contributed by atoms with Crippen LogP contribution in [0.15, 0.2) is 18.2 Å². The zero-order chi connectivity index (χ0) is 14.0. The molecule has 1 fully saturated rings. The van der Waals surface area contributed by atoms with Crippen LogP contribution >= 0.6 is 0 Å². The molecule has 1 heterocycles. The molecule has 5 nitrogen and oxygen atoms in total. The summed E-state index contributed by atoms with van der Waals surface area (Å²) in [7, 11) is 1.51. The van der Waals surface area contributed by atoms with E-state index in [1.54, 1.807) is 0 Å². The molecule has 0 bridgehead atoms. The first kappa shape index (κ1) is 13.3. The molecule has 0 aromatic heterocycles. The van der Waals surface area contributed by atoms with E-state index >= 15 is 0 Å². The second-order valence-corrected chi connectivity index (χ2v) is 4.41. The topological polar surface area (TPSA) is 69.6 Å². The fourth-order valence-electron chi connectivity index (χ4n) is 2.45. The third-order valence-electron chi connectivity index (χ3n) is 3.31. The molecule has 2 rings (SSSR count). The molecule has 19 heavy (non-hydrogen) atoms. The minimum Gasteiger partial charge on any atom is -0.478 e. The highest BCUT2D eigenvalue weighted by atomic mass is 19.1. The molecule has 1 aliphatic rings. The summed E-state index contributed by atoms with van der Waals surface area (Å²) in [6, 6.07) is 3.40. The molecular weight excluding hydrogens is 251 g/mol. The number of carboxylic acid groups (broad SMARTS) is 1. The number of carbonyl (C=O) groups is 2. The van der Waals surface area contributed by atoms with Crippen LogP contribution in [0.25, 0.3) is 0 Å². The second-order valence-electron chi connectivity index (χ2n) is 4.41. The number of carboxylic acids is 1. The van der Waals surface area contributed by atoms with E-state index in [2.05, 4.69) is 5.32 Å². The highest BCUT2D eigenvalue weighted by Gasteiger charge is 2.34. The van der Waals surface area contributed by atoms with Crippen LogP contribution in [0, 0.1) is 5.82 Å². The number of halogens is 1. The Hall–Kier alpha value is -2.11. The van der Waals surface area contributed by atoms with Crippen molar-refractivity contribution in [2.24, 2.45) is 0 Å². The van der Waals surface area contributed by atoms with E-state index in [9.17, 15) is 14.0 Å². The Morgan fingerprint density at radius 2 is 2.21 bits per heavy atom. The maximum absolute atomic E-state index is 14.0. The van der Waals surface area contributed by atoms with Gasteiger partial charge in [-0.15, -0.1) is 0 Å². The summed E-state index contributed by atoms with van der Waals surface area (Å²) in [5, 5.41) is 11.7. The summed E-state index contributed by atoms with van der Waals surface area (Å²) in [5.74, 6) is -2.04. The van der Waals surface area contributed by atoms with Gasteiger partial charge in [0, 0.05) is 13.6 Å². The molecule has 0 saturated carbocycles. The lowest BCUT2D eigenvalue weighted by Crippen LogP contribution is -2.42. The van der Waals surface area contributed by atoms with E-state index in [0.29, 0.717) is 13.0 Å². The molecule has 1 aromatic carbocycles. The summed E-state index contributed by atoms with van der Waals surface area (Å²) in [6.07, 6.45) is 1.32. The van der Waals surface area contributed by atoms with E-state index in [-0.39, 0.29) is 17.2 Å². The van der Waals surface area contributed by atoms with E-state index in [1.165, 1.54) is 30.1 Å². The van der Waals surface area contributed by atoms with Crippen molar-refractivity contribution in [3.05, 3.63) is 29.6 Å². The number of anilines is 1. The van der Waals surface area contributed by atoms with E-state index < -0.39 is 17.8 Å². The summed E-state index contributed by atoms with van der Waals surface area (Å²) >= 11 is 0. The molecule has 102 valence electrons. The average molecular weight is 266 g/mol. The predicted molar refractivity (Wildman–Crippen MR) is 67.8 cm³/mol. The summed E-state index contributed by atoms with van der Waals surface area (Å²) in [5.41, 5.74) is -0.114. The maximum atomic E-state index is 14.0. The highest BCUT2D eigenvalue weighted by molar-refractivity contribution is 5.96. The number of hydrogen-bond donors (Lipinski definition) is 2. The van der Waals surface area contributed by atoms with Gasteiger partial charge in [0.1, 0.15) is 11.9 Å². The lowest BCUT2D eigenvalue weighted by Gasteiger charge is -2.27. The van der Waals surface area contributed by atoms with Crippen LogP contribution in [-0.2, 0) is 4.79 Å². The molecule has 1 saturated heterocycles. The van der Waals surface area contributed by atoms with Crippen molar-refractivity contribution in [2.75, 3.05) is 18.5 Å². The third kappa shape index (κ3) is 2.38.